The lowest BCUT2D eigenvalue weighted by Crippen LogP contribution is -1.96. The number of aromatic nitrogens is 3. The Balaban J connectivity index is 0.996. The third-order valence-corrected chi connectivity index (χ3v) is 12.6. The fourth-order valence-corrected chi connectivity index (χ4v) is 10.1. The van der Waals surface area contributed by atoms with E-state index in [2.05, 4.69) is 226 Å². The smallest absolute Gasteiger partial charge is 0.0548 e. The van der Waals surface area contributed by atoms with Crippen LogP contribution in [0, 0.1) is 0 Å². The van der Waals surface area contributed by atoms with E-state index in [9.17, 15) is 0 Å². The summed E-state index contributed by atoms with van der Waals surface area (Å²) < 4.78 is 7.32. The molecular weight excluding hydrogens is 715 g/mol. The lowest BCUT2D eigenvalue weighted by molar-refractivity contribution is 1.17. The number of hydrogen-bond donors (Lipinski definition) is 0. The SMILES string of the molecule is c1ccc(-n2c3ccccc3c3c4c5ccccc5n(-c5ccc(-c6ccc7c8ccccc8n(-c8cc9ccccc9c9ccccc89)c7c6)cc5)c4ccc32)cc1. The maximum atomic E-state index is 2.48. The van der Waals surface area contributed by atoms with Crippen LogP contribution in [0.1, 0.15) is 0 Å². The lowest BCUT2D eigenvalue weighted by atomic mass is 10.00. The van der Waals surface area contributed by atoms with Gasteiger partial charge in [-0.3, -0.25) is 0 Å². The Bertz CT molecular complexity index is 3820. The van der Waals surface area contributed by atoms with Crippen molar-refractivity contribution >= 4 is 87.0 Å². The highest BCUT2D eigenvalue weighted by Gasteiger charge is 2.21. The molecular formula is C56H35N3. The molecule has 3 aromatic heterocycles. The van der Waals surface area contributed by atoms with Crippen LogP contribution in [0.15, 0.2) is 212 Å². The molecule has 0 radical (unpaired) electrons. The van der Waals surface area contributed by atoms with Crippen molar-refractivity contribution in [2.75, 3.05) is 0 Å². The summed E-state index contributed by atoms with van der Waals surface area (Å²) in [6.45, 7) is 0. The van der Waals surface area contributed by atoms with Gasteiger partial charge in [0.05, 0.1) is 38.8 Å². The molecule has 0 saturated heterocycles. The topological polar surface area (TPSA) is 14.8 Å². The van der Waals surface area contributed by atoms with E-state index in [0.29, 0.717) is 0 Å². The molecule has 0 atom stereocenters. The molecule has 3 heteroatoms. The Hall–Kier alpha value is -7.88. The van der Waals surface area contributed by atoms with Crippen LogP contribution in [-0.4, -0.2) is 13.7 Å². The fourth-order valence-electron chi connectivity index (χ4n) is 10.1. The first-order valence-corrected chi connectivity index (χ1v) is 20.4. The van der Waals surface area contributed by atoms with Gasteiger partial charge >= 0.3 is 0 Å². The van der Waals surface area contributed by atoms with Gasteiger partial charge in [0.2, 0.25) is 0 Å². The molecule has 0 aliphatic carbocycles. The van der Waals surface area contributed by atoms with E-state index < -0.39 is 0 Å². The number of nitrogens with zero attached hydrogens (tertiary/aromatic N) is 3. The summed E-state index contributed by atoms with van der Waals surface area (Å²) in [6, 6.07) is 77.9. The van der Waals surface area contributed by atoms with Crippen molar-refractivity contribution in [1.82, 2.24) is 13.7 Å². The van der Waals surface area contributed by atoms with Gasteiger partial charge in [0.25, 0.3) is 0 Å². The predicted octanol–water partition coefficient (Wildman–Crippen LogP) is 15.0. The standard InChI is InChI=1S/C56H35N3/c1-2-15-39(16-3-1)57-49-24-12-9-21-46(49)55-51(57)32-33-52-56(55)47-22-10-13-25-50(47)58(52)40-29-26-36(27-30-40)37-28-31-45-44-20-8-11-23-48(44)59(53(45)34-37)54-35-38-14-4-5-17-41(38)42-18-6-7-19-43(42)54/h1-35H. The van der Waals surface area contributed by atoms with Crippen molar-refractivity contribution in [2.24, 2.45) is 0 Å². The first kappa shape index (κ1) is 32.2. The van der Waals surface area contributed by atoms with Gasteiger partial charge in [-0.15, -0.1) is 0 Å². The highest BCUT2D eigenvalue weighted by Crippen LogP contribution is 2.43. The Morgan fingerprint density at radius 2 is 0.712 bits per heavy atom. The summed E-state index contributed by atoms with van der Waals surface area (Å²) in [6.07, 6.45) is 0. The zero-order valence-corrected chi connectivity index (χ0v) is 32.0. The molecule has 59 heavy (non-hydrogen) atoms. The Kier molecular flexibility index (Phi) is 6.72. The number of fused-ring (bicyclic) bond motifs is 13. The van der Waals surface area contributed by atoms with Crippen LogP contribution in [0.5, 0.6) is 0 Å². The Morgan fingerprint density at radius 1 is 0.237 bits per heavy atom. The number of rotatable bonds is 4. The molecule has 0 fully saturated rings. The van der Waals surface area contributed by atoms with Gasteiger partial charge < -0.3 is 13.7 Å². The molecule has 10 aromatic carbocycles. The summed E-state index contributed by atoms with van der Waals surface area (Å²) in [5.41, 5.74) is 13.1. The average molecular weight is 750 g/mol. The van der Waals surface area contributed by atoms with E-state index in [4.69, 9.17) is 0 Å². The van der Waals surface area contributed by atoms with Crippen molar-refractivity contribution in [1.29, 1.82) is 0 Å². The molecule has 274 valence electrons. The molecule has 0 spiro atoms. The van der Waals surface area contributed by atoms with Crippen LogP contribution >= 0.6 is 0 Å². The van der Waals surface area contributed by atoms with Crippen molar-refractivity contribution < 1.29 is 0 Å². The van der Waals surface area contributed by atoms with Crippen molar-refractivity contribution in [2.45, 2.75) is 0 Å². The molecule has 3 nitrogen and oxygen atoms in total. The maximum Gasteiger partial charge on any atom is 0.0548 e. The van der Waals surface area contributed by atoms with E-state index in [1.807, 2.05) is 0 Å². The monoisotopic (exact) mass is 749 g/mol. The van der Waals surface area contributed by atoms with Gasteiger partial charge in [0, 0.05) is 49.1 Å². The van der Waals surface area contributed by atoms with Crippen molar-refractivity contribution in [3.05, 3.63) is 212 Å². The third-order valence-electron chi connectivity index (χ3n) is 12.6. The van der Waals surface area contributed by atoms with Gasteiger partial charge in [-0.25, -0.2) is 0 Å². The molecule has 3 heterocycles. The molecule has 0 N–H and O–H groups in total. The molecule has 0 amide bonds. The van der Waals surface area contributed by atoms with Crippen LogP contribution in [0.2, 0.25) is 0 Å². The summed E-state index contributed by atoms with van der Waals surface area (Å²) in [7, 11) is 0. The second-order valence-electron chi connectivity index (χ2n) is 15.7. The second kappa shape index (κ2) is 12.3. The van der Waals surface area contributed by atoms with Gasteiger partial charge in [0.15, 0.2) is 0 Å². The van der Waals surface area contributed by atoms with Crippen molar-refractivity contribution in [3.63, 3.8) is 0 Å². The van der Waals surface area contributed by atoms with E-state index in [1.54, 1.807) is 0 Å². The van der Waals surface area contributed by atoms with Gasteiger partial charge in [-0.1, -0.05) is 146 Å². The van der Waals surface area contributed by atoms with E-state index in [1.165, 1.54) is 109 Å². The molecule has 0 saturated carbocycles. The minimum atomic E-state index is 1.14. The number of hydrogen-bond acceptors (Lipinski definition) is 0. The first-order valence-electron chi connectivity index (χ1n) is 20.4. The lowest BCUT2D eigenvalue weighted by Gasteiger charge is -2.15. The van der Waals surface area contributed by atoms with Gasteiger partial charge in [0.1, 0.15) is 0 Å². The molecule has 13 aromatic rings. The first-order chi connectivity index (χ1) is 29.3. The minimum Gasteiger partial charge on any atom is -0.309 e. The quantitative estimate of drug-likeness (QED) is 0.159. The summed E-state index contributed by atoms with van der Waals surface area (Å²) >= 11 is 0. The van der Waals surface area contributed by atoms with Crippen LogP contribution < -0.4 is 0 Å². The number of benzene rings is 10. The molecule has 0 aliphatic heterocycles. The van der Waals surface area contributed by atoms with Crippen LogP contribution in [0.3, 0.4) is 0 Å². The molecule has 13 rings (SSSR count). The van der Waals surface area contributed by atoms with E-state index in [0.717, 1.165) is 5.69 Å². The highest BCUT2D eigenvalue weighted by atomic mass is 15.0. The average Bonchev–Trinajstić information content (AvgIpc) is 3.94. The normalized spacial score (nSPS) is 12.1. The summed E-state index contributed by atoms with van der Waals surface area (Å²) in [4.78, 5) is 0. The largest absolute Gasteiger partial charge is 0.309 e. The van der Waals surface area contributed by atoms with Gasteiger partial charge in [-0.2, -0.15) is 0 Å². The summed E-state index contributed by atoms with van der Waals surface area (Å²) in [5, 5.41) is 12.6. The van der Waals surface area contributed by atoms with Crippen LogP contribution in [0.4, 0.5) is 0 Å². The van der Waals surface area contributed by atoms with E-state index in [-0.39, 0.29) is 0 Å². The minimum absolute atomic E-state index is 1.14. The van der Waals surface area contributed by atoms with E-state index >= 15 is 0 Å². The van der Waals surface area contributed by atoms with Crippen LogP contribution in [-0.2, 0) is 0 Å². The zero-order valence-electron chi connectivity index (χ0n) is 32.0. The predicted molar refractivity (Wildman–Crippen MR) is 250 cm³/mol. The highest BCUT2D eigenvalue weighted by molar-refractivity contribution is 6.29. The van der Waals surface area contributed by atoms with Gasteiger partial charge in [-0.05, 0) is 94.0 Å². The Morgan fingerprint density at radius 3 is 1.37 bits per heavy atom. The summed E-state index contributed by atoms with van der Waals surface area (Å²) in [5.74, 6) is 0. The zero-order chi connectivity index (χ0) is 38.6. The van der Waals surface area contributed by atoms with Crippen molar-refractivity contribution in [3.8, 4) is 28.2 Å². The second-order valence-corrected chi connectivity index (χ2v) is 15.7. The molecule has 0 bridgehead atoms. The molecule has 0 aliphatic rings. The number of para-hydroxylation sites is 4. The third kappa shape index (κ3) is 4.58. The fraction of sp³-hybridized carbons (Fsp3) is 0. The Labute approximate surface area is 339 Å². The van der Waals surface area contributed by atoms with Crippen LogP contribution in [0.25, 0.3) is 115 Å². The molecule has 0 unspecified atom stereocenters. The maximum absolute atomic E-state index is 2.48.